The molecular weight excluding hydrogens is 302 g/mol. The minimum Gasteiger partial charge on any atom is -0.461 e. The molecule has 0 spiro atoms. The molecular formula is C15H10ClN5O. The van der Waals surface area contributed by atoms with Crippen molar-refractivity contribution in [2.24, 2.45) is 0 Å². The molecule has 4 heterocycles. The van der Waals surface area contributed by atoms with Crippen molar-refractivity contribution in [1.82, 2.24) is 19.6 Å². The fraction of sp³-hybridized carbons (Fsp3) is 0. The summed E-state index contributed by atoms with van der Waals surface area (Å²) in [7, 11) is 0. The standard InChI is InChI=1S/C15H10ClN5O/c16-10-3-4-11(18-8-10)9-6-13(17)21-14(7-9)19-15(20-21)12-2-1-5-22-12/h1-8H,17H2. The van der Waals surface area contributed by atoms with Gasteiger partial charge in [0.2, 0.25) is 5.82 Å². The van der Waals surface area contributed by atoms with Crippen LogP contribution in [-0.4, -0.2) is 19.6 Å². The second-order valence-electron chi connectivity index (χ2n) is 4.71. The molecule has 0 atom stereocenters. The first-order valence-electron chi connectivity index (χ1n) is 6.53. The van der Waals surface area contributed by atoms with Crippen molar-refractivity contribution in [3.63, 3.8) is 0 Å². The van der Waals surface area contributed by atoms with Crippen LogP contribution in [0.15, 0.2) is 53.3 Å². The number of aromatic nitrogens is 4. The van der Waals surface area contributed by atoms with E-state index in [0.717, 1.165) is 11.3 Å². The van der Waals surface area contributed by atoms with E-state index in [0.29, 0.717) is 28.1 Å². The summed E-state index contributed by atoms with van der Waals surface area (Å²) in [4.78, 5) is 8.73. The Hall–Kier alpha value is -2.86. The average molecular weight is 312 g/mol. The van der Waals surface area contributed by atoms with Crippen LogP contribution in [0, 0.1) is 0 Å². The van der Waals surface area contributed by atoms with Gasteiger partial charge in [-0.2, -0.15) is 4.52 Å². The lowest BCUT2D eigenvalue weighted by Crippen LogP contribution is -1.99. The van der Waals surface area contributed by atoms with E-state index in [9.17, 15) is 0 Å². The molecule has 0 fully saturated rings. The number of hydrogen-bond acceptors (Lipinski definition) is 5. The zero-order valence-corrected chi connectivity index (χ0v) is 12.0. The predicted molar refractivity (Wildman–Crippen MR) is 83.3 cm³/mol. The van der Waals surface area contributed by atoms with Crippen molar-refractivity contribution in [3.8, 4) is 22.8 Å². The molecule has 0 saturated heterocycles. The van der Waals surface area contributed by atoms with E-state index in [1.54, 1.807) is 41.2 Å². The molecule has 0 radical (unpaired) electrons. The SMILES string of the molecule is Nc1cc(-c2ccc(Cl)cn2)cc2nc(-c3ccco3)nn12. The van der Waals surface area contributed by atoms with Crippen molar-refractivity contribution < 1.29 is 4.42 Å². The van der Waals surface area contributed by atoms with Crippen molar-refractivity contribution >= 4 is 23.1 Å². The van der Waals surface area contributed by atoms with Gasteiger partial charge in [-0.15, -0.1) is 5.10 Å². The van der Waals surface area contributed by atoms with Crippen molar-refractivity contribution in [1.29, 1.82) is 0 Å². The molecule has 4 aromatic rings. The van der Waals surface area contributed by atoms with Gasteiger partial charge in [-0.3, -0.25) is 4.98 Å². The van der Waals surface area contributed by atoms with Crippen LogP contribution in [-0.2, 0) is 0 Å². The third kappa shape index (κ3) is 2.10. The number of nitrogens with zero attached hydrogens (tertiary/aromatic N) is 4. The molecule has 6 nitrogen and oxygen atoms in total. The number of nitrogen functional groups attached to an aromatic ring is 1. The maximum Gasteiger partial charge on any atom is 0.217 e. The molecule has 7 heteroatoms. The van der Waals surface area contributed by atoms with Gasteiger partial charge >= 0.3 is 0 Å². The summed E-state index contributed by atoms with van der Waals surface area (Å²) in [5.41, 5.74) is 8.30. The Kier molecular flexibility index (Phi) is 2.83. The van der Waals surface area contributed by atoms with E-state index in [1.165, 1.54) is 0 Å². The minimum absolute atomic E-state index is 0.467. The van der Waals surface area contributed by atoms with E-state index in [4.69, 9.17) is 21.8 Å². The highest BCUT2D eigenvalue weighted by molar-refractivity contribution is 6.30. The van der Waals surface area contributed by atoms with Crippen LogP contribution in [0.2, 0.25) is 5.02 Å². The Morgan fingerprint density at radius 3 is 2.82 bits per heavy atom. The lowest BCUT2D eigenvalue weighted by atomic mass is 10.1. The number of furan rings is 1. The molecule has 0 aliphatic heterocycles. The zero-order valence-electron chi connectivity index (χ0n) is 11.3. The monoisotopic (exact) mass is 311 g/mol. The molecule has 0 aromatic carbocycles. The summed E-state index contributed by atoms with van der Waals surface area (Å²) in [6, 6.07) is 10.9. The third-order valence-electron chi connectivity index (χ3n) is 3.23. The third-order valence-corrected chi connectivity index (χ3v) is 3.45. The van der Waals surface area contributed by atoms with Gasteiger partial charge in [0.05, 0.1) is 17.0 Å². The van der Waals surface area contributed by atoms with Gasteiger partial charge in [0.15, 0.2) is 11.4 Å². The lowest BCUT2D eigenvalue weighted by molar-refractivity contribution is 0.577. The summed E-state index contributed by atoms with van der Waals surface area (Å²) in [6.45, 7) is 0. The number of hydrogen-bond donors (Lipinski definition) is 1. The number of nitrogens with two attached hydrogens (primary N) is 1. The number of rotatable bonds is 2. The van der Waals surface area contributed by atoms with Crippen LogP contribution in [0.4, 0.5) is 5.82 Å². The summed E-state index contributed by atoms with van der Waals surface area (Å²) >= 11 is 5.86. The van der Waals surface area contributed by atoms with Crippen molar-refractivity contribution in [2.75, 3.05) is 5.73 Å². The van der Waals surface area contributed by atoms with Crippen LogP contribution < -0.4 is 5.73 Å². The van der Waals surface area contributed by atoms with Gasteiger partial charge in [-0.05, 0) is 36.4 Å². The van der Waals surface area contributed by atoms with E-state index in [-0.39, 0.29) is 0 Å². The number of halogens is 1. The summed E-state index contributed by atoms with van der Waals surface area (Å²) < 4.78 is 6.88. The maximum absolute atomic E-state index is 6.07. The van der Waals surface area contributed by atoms with Gasteiger partial charge in [0, 0.05) is 11.8 Å². The first-order chi connectivity index (χ1) is 10.7. The normalized spacial score (nSPS) is 11.1. The molecule has 22 heavy (non-hydrogen) atoms. The Morgan fingerprint density at radius 1 is 1.18 bits per heavy atom. The molecule has 2 N–H and O–H groups in total. The quantitative estimate of drug-likeness (QED) is 0.614. The predicted octanol–water partition coefficient (Wildman–Crippen LogP) is 3.29. The molecule has 0 unspecified atom stereocenters. The average Bonchev–Trinajstić information content (AvgIpc) is 3.17. The highest BCUT2D eigenvalue weighted by atomic mass is 35.5. The van der Waals surface area contributed by atoms with Crippen molar-refractivity contribution in [2.45, 2.75) is 0 Å². The topological polar surface area (TPSA) is 82.2 Å². The Morgan fingerprint density at radius 2 is 2.09 bits per heavy atom. The number of anilines is 1. The Balaban J connectivity index is 1.87. The zero-order chi connectivity index (χ0) is 15.1. The minimum atomic E-state index is 0.467. The second-order valence-corrected chi connectivity index (χ2v) is 5.15. The second kappa shape index (κ2) is 4.85. The van der Waals surface area contributed by atoms with Crippen LogP contribution in [0.25, 0.3) is 28.5 Å². The molecule has 0 amide bonds. The van der Waals surface area contributed by atoms with Crippen LogP contribution >= 0.6 is 11.6 Å². The molecule has 0 saturated carbocycles. The first kappa shape index (κ1) is 12.8. The first-order valence-corrected chi connectivity index (χ1v) is 6.90. The van der Waals surface area contributed by atoms with Crippen LogP contribution in [0.5, 0.6) is 0 Å². The maximum atomic E-state index is 6.07. The molecule has 0 aliphatic carbocycles. The largest absolute Gasteiger partial charge is 0.461 e. The highest BCUT2D eigenvalue weighted by Gasteiger charge is 2.12. The van der Waals surface area contributed by atoms with Gasteiger partial charge in [0.1, 0.15) is 5.82 Å². The van der Waals surface area contributed by atoms with E-state index >= 15 is 0 Å². The smallest absolute Gasteiger partial charge is 0.217 e. The van der Waals surface area contributed by atoms with E-state index in [2.05, 4.69) is 15.1 Å². The van der Waals surface area contributed by atoms with Crippen molar-refractivity contribution in [3.05, 3.63) is 53.9 Å². The van der Waals surface area contributed by atoms with Gasteiger partial charge in [0.25, 0.3) is 0 Å². The summed E-state index contributed by atoms with van der Waals surface area (Å²) in [6.07, 6.45) is 3.17. The Bertz CT molecular complexity index is 944. The fourth-order valence-corrected chi connectivity index (χ4v) is 2.33. The lowest BCUT2D eigenvalue weighted by Gasteiger charge is -2.03. The Labute approximate surface area is 130 Å². The summed E-state index contributed by atoms with van der Waals surface area (Å²) in [5, 5.41) is 4.93. The molecule has 4 aromatic heterocycles. The number of pyridine rings is 2. The van der Waals surface area contributed by atoms with Gasteiger partial charge in [-0.25, -0.2) is 4.98 Å². The van der Waals surface area contributed by atoms with Gasteiger partial charge in [-0.1, -0.05) is 11.6 Å². The van der Waals surface area contributed by atoms with E-state index in [1.807, 2.05) is 12.1 Å². The van der Waals surface area contributed by atoms with Crippen LogP contribution in [0.1, 0.15) is 0 Å². The molecule has 4 rings (SSSR count). The van der Waals surface area contributed by atoms with Crippen LogP contribution in [0.3, 0.4) is 0 Å². The van der Waals surface area contributed by atoms with Gasteiger partial charge < -0.3 is 10.2 Å². The fourth-order valence-electron chi connectivity index (χ4n) is 2.21. The number of fused-ring (bicyclic) bond motifs is 1. The molecule has 108 valence electrons. The molecule has 0 aliphatic rings. The highest BCUT2D eigenvalue weighted by Crippen LogP contribution is 2.24. The van der Waals surface area contributed by atoms with E-state index < -0.39 is 0 Å². The summed E-state index contributed by atoms with van der Waals surface area (Å²) in [5.74, 6) is 1.54. The molecule has 0 bridgehead atoms.